The third-order valence-electron chi connectivity index (χ3n) is 5.53. The second kappa shape index (κ2) is 7.41. The van der Waals surface area contributed by atoms with Gasteiger partial charge < -0.3 is 24.9 Å². The molecule has 1 aliphatic rings. The molecule has 7 nitrogen and oxygen atoms in total. The Morgan fingerprint density at radius 2 is 2.04 bits per heavy atom. The van der Waals surface area contributed by atoms with E-state index in [-0.39, 0.29) is 5.95 Å². The number of aryl methyl sites for hydroxylation is 1. The van der Waals surface area contributed by atoms with Gasteiger partial charge in [0.1, 0.15) is 12.3 Å². The minimum atomic E-state index is -0.746. The van der Waals surface area contributed by atoms with Gasteiger partial charge in [0.15, 0.2) is 5.75 Å². The van der Waals surface area contributed by atoms with E-state index in [1.165, 1.54) is 0 Å². The number of hydrogen-bond donors (Lipinski definition) is 2. The molecule has 0 amide bonds. The molecular formula is C21H26N4O3. The van der Waals surface area contributed by atoms with Crippen LogP contribution in [0.2, 0.25) is 0 Å². The van der Waals surface area contributed by atoms with Crippen molar-refractivity contribution in [2.24, 2.45) is 7.05 Å². The Kier molecular flexibility index (Phi) is 4.95. The number of aliphatic hydroxyl groups is 1. The molecule has 0 spiro atoms. The fourth-order valence-electron chi connectivity index (χ4n) is 4.04. The molecule has 1 aliphatic carbocycles. The number of ether oxygens (including phenoxy) is 2. The summed E-state index contributed by atoms with van der Waals surface area (Å²) in [6, 6.07) is 6.16. The van der Waals surface area contributed by atoms with Crippen LogP contribution in [-0.2, 0) is 17.4 Å². The summed E-state index contributed by atoms with van der Waals surface area (Å²) >= 11 is 0. The summed E-state index contributed by atoms with van der Waals surface area (Å²) in [7, 11) is 3.62. The Bertz CT molecular complexity index is 993. The molecule has 0 radical (unpaired) electrons. The van der Waals surface area contributed by atoms with Crippen LogP contribution in [0.4, 0.5) is 5.95 Å². The van der Waals surface area contributed by atoms with E-state index in [9.17, 15) is 5.11 Å². The van der Waals surface area contributed by atoms with Crippen molar-refractivity contribution in [2.75, 3.05) is 26.1 Å². The molecule has 3 N–H and O–H groups in total. The van der Waals surface area contributed by atoms with Crippen molar-refractivity contribution < 1.29 is 14.6 Å². The summed E-state index contributed by atoms with van der Waals surface area (Å²) < 4.78 is 12.9. The van der Waals surface area contributed by atoms with Gasteiger partial charge in [0.2, 0.25) is 5.95 Å². The van der Waals surface area contributed by atoms with Gasteiger partial charge in [-0.25, -0.2) is 9.97 Å². The molecule has 2 heterocycles. The predicted octanol–water partition coefficient (Wildman–Crippen LogP) is 3.00. The van der Waals surface area contributed by atoms with Gasteiger partial charge in [0.25, 0.3) is 0 Å². The maximum atomic E-state index is 11.0. The summed E-state index contributed by atoms with van der Waals surface area (Å²) in [5, 5.41) is 12.1. The molecule has 2 aromatic heterocycles. The first kappa shape index (κ1) is 18.7. The molecule has 0 unspecified atom stereocenters. The van der Waals surface area contributed by atoms with E-state index in [4.69, 9.17) is 15.2 Å². The van der Waals surface area contributed by atoms with Gasteiger partial charge in [-0.3, -0.25) is 0 Å². The Morgan fingerprint density at radius 1 is 1.25 bits per heavy atom. The van der Waals surface area contributed by atoms with Crippen molar-refractivity contribution in [1.29, 1.82) is 0 Å². The molecule has 4 rings (SSSR count). The number of nitrogen functional groups attached to an aromatic ring is 1. The van der Waals surface area contributed by atoms with Crippen molar-refractivity contribution in [3.8, 4) is 17.0 Å². The Labute approximate surface area is 164 Å². The summed E-state index contributed by atoms with van der Waals surface area (Å²) in [6.45, 7) is 0.864. The fourth-order valence-corrected chi connectivity index (χ4v) is 4.04. The zero-order chi connectivity index (χ0) is 19.7. The highest BCUT2D eigenvalue weighted by molar-refractivity contribution is 5.97. The summed E-state index contributed by atoms with van der Waals surface area (Å²) in [5.74, 6) is 0.750. The first-order valence-electron chi connectivity index (χ1n) is 9.58. The van der Waals surface area contributed by atoms with Gasteiger partial charge in [-0.15, -0.1) is 0 Å². The van der Waals surface area contributed by atoms with E-state index in [2.05, 4.69) is 22.1 Å². The van der Waals surface area contributed by atoms with Crippen molar-refractivity contribution in [3.05, 3.63) is 36.2 Å². The van der Waals surface area contributed by atoms with Crippen LogP contribution in [0.3, 0.4) is 0 Å². The Balaban J connectivity index is 1.83. The van der Waals surface area contributed by atoms with Crippen LogP contribution >= 0.6 is 0 Å². The minimum Gasteiger partial charge on any atom is -0.487 e. The number of nitrogens with zero attached hydrogens (tertiary/aromatic N) is 3. The average Bonchev–Trinajstić information content (AvgIpc) is 3.27. The van der Waals surface area contributed by atoms with E-state index in [0.717, 1.165) is 47.7 Å². The highest BCUT2D eigenvalue weighted by Gasteiger charge is 2.33. The number of rotatable bonds is 6. The lowest BCUT2D eigenvalue weighted by Crippen LogP contribution is -2.20. The van der Waals surface area contributed by atoms with Crippen LogP contribution in [0.5, 0.6) is 5.75 Å². The lowest BCUT2D eigenvalue weighted by molar-refractivity contribution is 0.0446. The second-order valence-corrected chi connectivity index (χ2v) is 7.41. The van der Waals surface area contributed by atoms with Crippen LogP contribution in [-0.4, -0.2) is 40.0 Å². The molecule has 3 aromatic rings. The number of methoxy groups -OCH3 is 1. The van der Waals surface area contributed by atoms with Crippen LogP contribution in [0.15, 0.2) is 30.6 Å². The van der Waals surface area contributed by atoms with Crippen LogP contribution < -0.4 is 10.5 Å². The molecule has 28 heavy (non-hydrogen) atoms. The first-order chi connectivity index (χ1) is 13.5. The summed E-state index contributed by atoms with van der Waals surface area (Å²) in [4.78, 5) is 8.53. The lowest BCUT2D eigenvalue weighted by atomic mass is 9.91. The predicted molar refractivity (Wildman–Crippen MR) is 108 cm³/mol. The molecule has 0 aliphatic heterocycles. The van der Waals surface area contributed by atoms with Gasteiger partial charge in [-0.1, -0.05) is 18.9 Å². The van der Waals surface area contributed by atoms with Crippen LogP contribution in [0.25, 0.3) is 22.2 Å². The van der Waals surface area contributed by atoms with E-state index >= 15 is 0 Å². The summed E-state index contributed by atoms with van der Waals surface area (Å²) in [5.41, 5.74) is 8.68. The van der Waals surface area contributed by atoms with Gasteiger partial charge in [-0.2, -0.15) is 0 Å². The van der Waals surface area contributed by atoms with E-state index in [1.807, 2.05) is 23.9 Å². The third kappa shape index (κ3) is 3.31. The maximum Gasteiger partial charge on any atom is 0.220 e. The van der Waals surface area contributed by atoms with Crippen LogP contribution in [0.1, 0.15) is 31.2 Å². The van der Waals surface area contributed by atoms with Crippen molar-refractivity contribution >= 4 is 16.9 Å². The molecule has 0 saturated heterocycles. The third-order valence-corrected chi connectivity index (χ3v) is 5.53. The van der Waals surface area contributed by atoms with Crippen LogP contribution in [0, 0.1) is 0 Å². The summed E-state index contributed by atoms with van der Waals surface area (Å²) in [6.07, 6.45) is 7.31. The highest BCUT2D eigenvalue weighted by Crippen LogP contribution is 2.41. The number of nitrogens with two attached hydrogens (primary N) is 1. The molecule has 1 fully saturated rings. The normalized spacial score (nSPS) is 16.0. The SMILES string of the molecule is COCCOc1cnc(N)nc1-c1cn(C)c2ccc(C3(O)CCCC3)cc12. The minimum absolute atomic E-state index is 0.191. The zero-order valence-corrected chi connectivity index (χ0v) is 16.3. The lowest BCUT2D eigenvalue weighted by Gasteiger charge is -2.23. The fraction of sp³-hybridized carbons (Fsp3) is 0.429. The standard InChI is InChI=1S/C21H26N4O3/c1-25-13-16(19-18(28-10-9-27-2)12-23-20(22)24-19)15-11-14(5-6-17(15)25)21(26)7-3-4-8-21/h5-6,11-13,26H,3-4,7-10H2,1-2H3,(H2,22,23,24). The number of hydrogen-bond acceptors (Lipinski definition) is 6. The van der Waals surface area contributed by atoms with Crippen molar-refractivity contribution in [1.82, 2.24) is 14.5 Å². The van der Waals surface area contributed by atoms with Crippen molar-refractivity contribution in [2.45, 2.75) is 31.3 Å². The molecule has 7 heteroatoms. The topological polar surface area (TPSA) is 95.4 Å². The number of anilines is 1. The zero-order valence-electron chi connectivity index (χ0n) is 16.3. The maximum absolute atomic E-state index is 11.0. The molecule has 148 valence electrons. The van der Waals surface area contributed by atoms with E-state index in [0.29, 0.717) is 24.7 Å². The Morgan fingerprint density at radius 3 is 2.79 bits per heavy atom. The number of aromatic nitrogens is 3. The Hall–Kier alpha value is -2.64. The van der Waals surface area contributed by atoms with E-state index in [1.54, 1.807) is 13.3 Å². The average molecular weight is 382 g/mol. The second-order valence-electron chi connectivity index (χ2n) is 7.41. The van der Waals surface area contributed by atoms with Crippen molar-refractivity contribution in [3.63, 3.8) is 0 Å². The smallest absolute Gasteiger partial charge is 0.220 e. The molecule has 0 bridgehead atoms. The molecule has 0 atom stereocenters. The number of fused-ring (bicyclic) bond motifs is 1. The molecule has 1 aromatic carbocycles. The first-order valence-corrected chi connectivity index (χ1v) is 9.58. The molecular weight excluding hydrogens is 356 g/mol. The van der Waals surface area contributed by atoms with Gasteiger partial charge in [0.05, 0.1) is 18.4 Å². The van der Waals surface area contributed by atoms with Gasteiger partial charge >= 0.3 is 0 Å². The largest absolute Gasteiger partial charge is 0.487 e. The van der Waals surface area contributed by atoms with Gasteiger partial charge in [0, 0.05) is 36.8 Å². The molecule has 1 saturated carbocycles. The van der Waals surface area contributed by atoms with E-state index < -0.39 is 5.60 Å². The monoisotopic (exact) mass is 382 g/mol. The number of benzene rings is 1. The quantitative estimate of drug-likeness (QED) is 0.636. The van der Waals surface area contributed by atoms with Gasteiger partial charge in [-0.05, 0) is 30.5 Å². The highest BCUT2D eigenvalue weighted by atomic mass is 16.5.